The molecule has 3 rings (SSSR count). The summed E-state index contributed by atoms with van der Waals surface area (Å²) in [6, 6.07) is 8.79. The SMILES string of the molecule is Cc1cc(Br)cnc1CN1C(=O)c2ccccc2C1=O. The second-order valence-electron chi connectivity index (χ2n) is 4.66. The Kier molecular flexibility index (Phi) is 3.14. The summed E-state index contributed by atoms with van der Waals surface area (Å²) < 4.78 is 0.876. The molecule has 0 spiro atoms. The molecule has 0 saturated carbocycles. The number of halogens is 1. The summed E-state index contributed by atoms with van der Waals surface area (Å²) in [7, 11) is 0. The molecule has 0 radical (unpaired) electrons. The zero-order chi connectivity index (χ0) is 14.3. The van der Waals surface area contributed by atoms with Gasteiger partial charge in [-0.05, 0) is 46.6 Å². The normalized spacial score (nSPS) is 13.8. The van der Waals surface area contributed by atoms with E-state index in [0.29, 0.717) is 11.1 Å². The number of aromatic nitrogens is 1. The quantitative estimate of drug-likeness (QED) is 0.795. The molecule has 0 saturated heterocycles. The van der Waals surface area contributed by atoms with Gasteiger partial charge in [0.25, 0.3) is 11.8 Å². The maximum atomic E-state index is 12.3. The van der Waals surface area contributed by atoms with Gasteiger partial charge in [0.2, 0.25) is 0 Å². The Morgan fingerprint density at radius 1 is 1.15 bits per heavy atom. The van der Waals surface area contributed by atoms with Crippen LogP contribution in [0.4, 0.5) is 0 Å². The highest BCUT2D eigenvalue weighted by Crippen LogP contribution is 2.24. The lowest BCUT2D eigenvalue weighted by Gasteiger charge is -2.14. The van der Waals surface area contributed by atoms with E-state index in [0.717, 1.165) is 15.7 Å². The number of hydrogen-bond acceptors (Lipinski definition) is 3. The number of carbonyl (C=O) groups is 2. The van der Waals surface area contributed by atoms with Crippen molar-refractivity contribution < 1.29 is 9.59 Å². The third-order valence-corrected chi connectivity index (χ3v) is 3.77. The third kappa shape index (κ3) is 2.04. The van der Waals surface area contributed by atoms with Gasteiger partial charge in [-0.3, -0.25) is 19.5 Å². The summed E-state index contributed by atoms with van der Waals surface area (Å²) >= 11 is 3.35. The predicted octanol–water partition coefficient (Wildman–Crippen LogP) is 2.95. The van der Waals surface area contributed by atoms with E-state index in [1.165, 1.54) is 4.90 Å². The summed E-state index contributed by atoms with van der Waals surface area (Å²) in [5.74, 6) is -0.510. The van der Waals surface area contributed by atoms with Gasteiger partial charge in [0, 0.05) is 10.7 Å². The molecule has 0 N–H and O–H groups in total. The van der Waals surface area contributed by atoms with Gasteiger partial charge >= 0.3 is 0 Å². The molecular weight excluding hydrogens is 320 g/mol. The fourth-order valence-electron chi connectivity index (χ4n) is 2.27. The topological polar surface area (TPSA) is 50.3 Å². The molecule has 1 aromatic carbocycles. The van der Waals surface area contributed by atoms with Gasteiger partial charge < -0.3 is 0 Å². The highest BCUT2D eigenvalue weighted by atomic mass is 79.9. The summed E-state index contributed by atoms with van der Waals surface area (Å²) in [5, 5.41) is 0. The van der Waals surface area contributed by atoms with Crippen LogP contribution >= 0.6 is 15.9 Å². The molecule has 0 fully saturated rings. The average Bonchev–Trinajstić information content (AvgIpc) is 2.67. The molecule has 1 aromatic heterocycles. The van der Waals surface area contributed by atoms with Crippen molar-refractivity contribution >= 4 is 27.7 Å². The van der Waals surface area contributed by atoms with E-state index in [1.54, 1.807) is 30.5 Å². The molecule has 1 aliphatic heterocycles. The van der Waals surface area contributed by atoms with Crippen LogP contribution in [0.3, 0.4) is 0 Å². The predicted molar refractivity (Wildman–Crippen MR) is 77.3 cm³/mol. The van der Waals surface area contributed by atoms with Crippen LogP contribution in [-0.4, -0.2) is 21.7 Å². The smallest absolute Gasteiger partial charge is 0.261 e. The first-order chi connectivity index (χ1) is 9.58. The summed E-state index contributed by atoms with van der Waals surface area (Å²) in [6.07, 6.45) is 1.67. The zero-order valence-corrected chi connectivity index (χ0v) is 12.3. The summed E-state index contributed by atoms with van der Waals surface area (Å²) in [6.45, 7) is 2.11. The van der Waals surface area contributed by atoms with Crippen molar-refractivity contribution in [1.29, 1.82) is 0 Å². The molecule has 0 atom stereocenters. The van der Waals surface area contributed by atoms with Crippen LogP contribution in [0.2, 0.25) is 0 Å². The van der Waals surface area contributed by atoms with Gasteiger partial charge in [-0.15, -0.1) is 0 Å². The standard InChI is InChI=1S/C15H11BrN2O2/c1-9-6-10(16)7-17-13(9)8-18-14(19)11-4-2-3-5-12(11)15(18)20/h2-7H,8H2,1H3. The fourth-order valence-corrected chi connectivity index (χ4v) is 2.71. The van der Waals surface area contributed by atoms with Gasteiger partial charge in [-0.1, -0.05) is 12.1 Å². The molecular formula is C15H11BrN2O2. The minimum absolute atomic E-state index is 0.200. The number of benzene rings is 1. The number of imide groups is 1. The first-order valence-electron chi connectivity index (χ1n) is 6.14. The van der Waals surface area contributed by atoms with E-state index in [9.17, 15) is 9.59 Å². The fraction of sp³-hybridized carbons (Fsp3) is 0.133. The first-order valence-corrected chi connectivity index (χ1v) is 6.93. The Morgan fingerprint density at radius 3 is 2.30 bits per heavy atom. The van der Waals surface area contributed by atoms with E-state index in [1.807, 2.05) is 13.0 Å². The van der Waals surface area contributed by atoms with Crippen molar-refractivity contribution in [2.24, 2.45) is 0 Å². The second-order valence-corrected chi connectivity index (χ2v) is 5.57. The largest absolute Gasteiger partial charge is 0.269 e. The zero-order valence-electron chi connectivity index (χ0n) is 10.8. The van der Waals surface area contributed by atoms with E-state index >= 15 is 0 Å². The number of rotatable bonds is 2. The lowest BCUT2D eigenvalue weighted by atomic mass is 10.1. The number of aryl methyl sites for hydroxylation is 1. The van der Waals surface area contributed by atoms with E-state index in [-0.39, 0.29) is 18.4 Å². The van der Waals surface area contributed by atoms with E-state index in [2.05, 4.69) is 20.9 Å². The monoisotopic (exact) mass is 330 g/mol. The minimum Gasteiger partial charge on any atom is -0.269 e. The van der Waals surface area contributed by atoms with Crippen molar-refractivity contribution in [1.82, 2.24) is 9.88 Å². The minimum atomic E-state index is -0.255. The van der Waals surface area contributed by atoms with Crippen LogP contribution < -0.4 is 0 Å². The van der Waals surface area contributed by atoms with Crippen molar-refractivity contribution in [3.63, 3.8) is 0 Å². The Hall–Kier alpha value is -2.01. The Morgan fingerprint density at radius 2 is 1.75 bits per heavy atom. The molecule has 0 unspecified atom stereocenters. The molecule has 100 valence electrons. The van der Waals surface area contributed by atoms with Crippen molar-refractivity contribution in [3.05, 3.63) is 63.4 Å². The molecule has 4 nitrogen and oxygen atoms in total. The number of hydrogen-bond donors (Lipinski definition) is 0. The summed E-state index contributed by atoms with van der Waals surface area (Å²) in [5.41, 5.74) is 2.60. The molecule has 2 heterocycles. The van der Waals surface area contributed by atoms with E-state index in [4.69, 9.17) is 0 Å². The number of amides is 2. The van der Waals surface area contributed by atoms with Crippen LogP contribution in [-0.2, 0) is 6.54 Å². The lowest BCUT2D eigenvalue weighted by Crippen LogP contribution is -2.29. The van der Waals surface area contributed by atoms with Gasteiger partial charge in [0.1, 0.15) is 0 Å². The van der Waals surface area contributed by atoms with Crippen LogP contribution in [0.25, 0.3) is 0 Å². The van der Waals surface area contributed by atoms with E-state index < -0.39 is 0 Å². The summed E-state index contributed by atoms with van der Waals surface area (Å²) in [4.78, 5) is 30.0. The van der Waals surface area contributed by atoms with Gasteiger partial charge in [0.05, 0.1) is 23.4 Å². The number of fused-ring (bicyclic) bond motifs is 1. The highest BCUT2D eigenvalue weighted by molar-refractivity contribution is 9.10. The van der Waals surface area contributed by atoms with Crippen molar-refractivity contribution in [3.8, 4) is 0 Å². The van der Waals surface area contributed by atoms with Crippen LogP contribution in [0, 0.1) is 6.92 Å². The Bertz CT molecular complexity index is 693. The molecule has 2 aromatic rings. The molecule has 20 heavy (non-hydrogen) atoms. The van der Waals surface area contributed by atoms with Crippen LogP contribution in [0.1, 0.15) is 32.0 Å². The molecule has 5 heteroatoms. The lowest BCUT2D eigenvalue weighted by molar-refractivity contribution is 0.0640. The molecule has 1 aliphatic rings. The maximum Gasteiger partial charge on any atom is 0.261 e. The number of pyridine rings is 1. The second kappa shape index (κ2) is 4.83. The number of nitrogens with zero attached hydrogens (tertiary/aromatic N) is 2. The molecule has 0 aliphatic carbocycles. The van der Waals surface area contributed by atoms with Crippen molar-refractivity contribution in [2.75, 3.05) is 0 Å². The highest BCUT2D eigenvalue weighted by Gasteiger charge is 2.35. The van der Waals surface area contributed by atoms with Gasteiger partial charge in [-0.25, -0.2) is 0 Å². The Balaban J connectivity index is 1.94. The van der Waals surface area contributed by atoms with Crippen LogP contribution in [0.15, 0.2) is 41.0 Å². The first kappa shape index (κ1) is 13.0. The Labute approximate surface area is 124 Å². The molecule has 2 amide bonds. The number of carbonyl (C=O) groups excluding carboxylic acids is 2. The van der Waals surface area contributed by atoms with Crippen LogP contribution in [0.5, 0.6) is 0 Å². The third-order valence-electron chi connectivity index (χ3n) is 3.34. The van der Waals surface area contributed by atoms with Crippen molar-refractivity contribution in [2.45, 2.75) is 13.5 Å². The average molecular weight is 331 g/mol. The molecule has 0 bridgehead atoms. The van der Waals surface area contributed by atoms with Gasteiger partial charge in [0.15, 0.2) is 0 Å². The van der Waals surface area contributed by atoms with Gasteiger partial charge in [-0.2, -0.15) is 0 Å². The maximum absolute atomic E-state index is 12.3.